The first-order valence-corrected chi connectivity index (χ1v) is 6.86. The Morgan fingerprint density at radius 3 is 2.80 bits per heavy atom. The van der Waals surface area contributed by atoms with Crippen molar-refractivity contribution >= 4 is 29.4 Å². The topological polar surface area (TPSA) is 70.7 Å². The number of piperidine rings is 1. The van der Waals surface area contributed by atoms with E-state index in [9.17, 15) is 9.18 Å². The van der Waals surface area contributed by atoms with Gasteiger partial charge < -0.3 is 16.0 Å². The molecule has 1 amide bonds. The van der Waals surface area contributed by atoms with Gasteiger partial charge in [0.1, 0.15) is 17.3 Å². The van der Waals surface area contributed by atoms with Crippen LogP contribution in [0.5, 0.6) is 0 Å². The van der Waals surface area contributed by atoms with E-state index in [4.69, 9.17) is 5.73 Å². The number of nitrogens with two attached hydrogens (primary N) is 1. The van der Waals surface area contributed by atoms with Gasteiger partial charge in [0.25, 0.3) is 5.24 Å². The lowest BCUT2D eigenvalue weighted by Crippen LogP contribution is -2.51. The molecule has 106 valence electrons. The maximum Gasteiger partial charge on any atom is 0.278 e. The first kappa shape index (κ1) is 13.2. The minimum atomic E-state index is -0.551. The van der Waals surface area contributed by atoms with Gasteiger partial charge in [-0.05, 0) is 12.1 Å². The van der Waals surface area contributed by atoms with Crippen LogP contribution in [0.3, 0.4) is 0 Å². The van der Waals surface area contributed by atoms with Crippen molar-refractivity contribution in [3.8, 4) is 0 Å². The van der Waals surface area contributed by atoms with Gasteiger partial charge in [0.2, 0.25) is 0 Å². The average Bonchev–Trinajstić information content (AvgIpc) is 2.38. The Balaban J connectivity index is 1.89. The van der Waals surface area contributed by atoms with Crippen molar-refractivity contribution in [3.05, 3.63) is 29.6 Å². The molecule has 0 atom stereocenters. The van der Waals surface area contributed by atoms with Crippen molar-refractivity contribution < 1.29 is 9.18 Å². The molecular formula is C13H15FN4OS. The predicted molar refractivity (Wildman–Crippen MR) is 78.7 cm³/mol. The quantitative estimate of drug-likeness (QED) is 0.639. The summed E-state index contributed by atoms with van der Waals surface area (Å²) in [6, 6.07) is 4.79. The second-order valence-electron chi connectivity index (χ2n) is 5.09. The van der Waals surface area contributed by atoms with Crippen LogP contribution in [0.4, 0.5) is 14.9 Å². The summed E-state index contributed by atoms with van der Waals surface area (Å²) in [6.45, 7) is 1.10. The molecule has 0 aromatic heterocycles. The first-order valence-electron chi connectivity index (χ1n) is 6.41. The number of thiol groups is 1. The highest BCUT2D eigenvalue weighted by molar-refractivity contribution is 7.96. The molecule has 20 heavy (non-hydrogen) atoms. The number of carbonyl (C=O) groups excluding carboxylic acids is 1. The van der Waals surface area contributed by atoms with Gasteiger partial charge in [-0.25, -0.2) is 9.38 Å². The summed E-state index contributed by atoms with van der Waals surface area (Å²) in [5.41, 5.74) is 6.35. The van der Waals surface area contributed by atoms with Gasteiger partial charge >= 0.3 is 0 Å². The van der Waals surface area contributed by atoms with Crippen LogP contribution in [0.2, 0.25) is 0 Å². The number of rotatable bonds is 0. The Morgan fingerprint density at radius 1 is 1.45 bits per heavy atom. The second-order valence-corrected chi connectivity index (χ2v) is 5.47. The van der Waals surface area contributed by atoms with Gasteiger partial charge in [0, 0.05) is 31.6 Å². The molecule has 2 heterocycles. The molecule has 2 aliphatic heterocycles. The average molecular weight is 294 g/mol. The van der Waals surface area contributed by atoms with Crippen LogP contribution in [0.15, 0.2) is 23.2 Å². The van der Waals surface area contributed by atoms with Crippen LogP contribution in [0.1, 0.15) is 18.4 Å². The molecule has 1 aromatic rings. The molecule has 0 saturated carbocycles. The van der Waals surface area contributed by atoms with E-state index in [2.05, 4.69) is 22.9 Å². The maximum atomic E-state index is 13.8. The lowest BCUT2D eigenvalue weighted by molar-refractivity contribution is 0.189. The highest BCUT2D eigenvalue weighted by Crippen LogP contribution is 2.35. The molecule has 1 spiro atoms. The van der Waals surface area contributed by atoms with Gasteiger partial charge in [-0.2, -0.15) is 0 Å². The molecule has 7 heteroatoms. The van der Waals surface area contributed by atoms with Crippen LogP contribution in [0.25, 0.3) is 0 Å². The van der Waals surface area contributed by atoms with Gasteiger partial charge in [-0.15, -0.1) is 0 Å². The standard InChI is InChI=1S/C13H15FN4OS/c14-8-2-1-3-9-10(8)11(15)17-13(16-9)4-6-18(7-5-13)12(19)20/h1-3,16H,4-7H2,(H2,15,17)(H,19,20). The summed E-state index contributed by atoms with van der Waals surface area (Å²) in [5.74, 6) is -0.170. The number of hydrogen-bond donors (Lipinski definition) is 3. The summed E-state index contributed by atoms with van der Waals surface area (Å²) in [4.78, 5) is 17.3. The molecule has 1 saturated heterocycles. The molecule has 2 aliphatic rings. The predicted octanol–water partition coefficient (Wildman–Crippen LogP) is 1.80. The summed E-state index contributed by atoms with van der Waals surface area (Å²) in [7, 11) is 0. The van der Waals surface area contributed by atoms with E-state index >= 15 is 0 Å². The number of carbonyl (C=O) groups is 1. The van der Waals surface area contributed by atoms with Crippen molar-refractivity contribution in [1.29, 1.82) is 0 Å². The van der Waals surface area contributed by atoms with Crippen LogP contribution >= 0.6 is 12.6 Å². The zero-order valence-electron chi connectivity index (χ0n) is 10.8. The normalized spacial score (nSPS) is 20.1. The number of fused-ring (bicyclic) bond motifs is 1. The van der Waals surface area contributed by atoms with Crippen LogP contribution < -0.4 is 11.1 Å². The molecule has 5 nitrogen and oxygen atoms in total. The smallest absolute Gasteiger partial charge is 0.278 e. The summed E-state index contributed by atoms with van der Waals surface area (Å²) >= 11 is 3.83. The first-order chi connectivity index (χ1) is 9.51. The molecule has 3 rings (SSSR count). The fourth-order valence-corrected chi connectivity index (χ4v) is 2.96. The molecule has 0 radical (unpaired) electrons. The van der Waals surface area contributed by atoms with Gasteiger partial charge in [0.05, 0.1) is 5.56 Å². The molecule has 3 N–H and O–H groups in total. The summed E-state index contributed by atoms with van der Waals surface area (Å²) in [6.07, 6.45) is 1.24. The zero-order chi connectivity index (χ0) is 14.3. The van der Waals surface area contributed by atoms with Crippen LogP contribution in [-0.4, -0.2) is 34.7 Å². The van der Waals surface area contributed by atoms with Gasteiger partial charge in [0.15, 0.2) is 0 Å². The fraction of sp³-hybridized carbons (Fsp3) is 0.385. The Morgan fingerprint density at radius 2 is 2.15 bits per heavy atom. The number of halogens is 1. The molecule has 1 fully saturated rings. The van der Waals surface area contributed by atoms with Gasteiger partial charge in [-0.1, -0.05) is 18.7 Å². The number of likely N-dealkylation sites (tertiary alicyclic amines) is 1. The highest BCUT2D eigenvalue weighted by Gasteiger charge is 2.39. The Labute approximate surface area is 121 Å². The molecule has 1 aromatic carbocycles. The number of amidine groups is 1. The Hall–Kier alpha value is -1.76. The zero-order valence-corrected chi connectivity index (χ0v) is 11.7. The highest BCUT2D eigenvalue weighted by atomic mass is 32.1. The summed E-state index contributed by atoms with van der Waals surface area (Å²) in [5, 5.41) is 3.04. The van der Waals surface area contributed by atoms with E-state index in [0.29, 0.717) is 37.2 Å². The van der Waals surface area contributed by atoms with Crippen molar-refractivity contribution in [2.45, 2.75) is 18.5 Å². The maximum absolute atomic E-state index is 13.8. The van der Waals surface area contributed by atoms with Crippen LogP contribution in [-0.2, 0) is 0 Å². The number of aliphatic imine (C=N–C) groups is 1. The third kappa shape index (κ3) is 2.11. The third-order valence-electron chi connectivity index (χ3n) is 3.83. The van der Waals surface area contributed by atoms with E-state index < -0.39 is 5.66 Å². The molecule has 0 bridgehead atoms. The molecule has 0 aliphatic carbocycles. The van der Waals surface area contributed by atoms with E-state index in [1.54, 1.807) is 17.0 Å². The molecule has 0 unspecified atom stereocenters. The third-order valence-corrected chi connectivity index (χ3v) is 4.12. The van der Waals surface area contributed by atoms with Crippen molar-refractivity contribution in [2.24, 2.45) is 10.7 Å². The van der Waals surface area contributed by atoms with E-state index in [0.717, 1.165) is 0 Å². The van der Waals surface area contributed by atoms with Crippen molar-refractivity contribution in [1.82, 2.24) is 4.90 Å². The second kappa shape index (κ2) is 4.66. The number of anilines is 1. The number of nitrogens with one attached hydrogen (secondary N) is 1. The number of amides is 1. The van der Waals surface area contributed by atoms with Crippen molar-refractivity contribution in [2.75, 3.05) is 18.4 Å². The van der Waals surface area contributed by atoms with Crippen LogP contribution in [0, 0.1) is 5.82 Å². The monoisotopic (exact) mass is 294 g/mol. The number of hydrogen-bond acceptors (Lipinski definition) is 4. The Kier molecular flexibility index (Phi) is 3.08. The SMILES string of the molecule is NC1=NC2(CCN(C(=O)S)CC2)Nc2cccc(F)c21. The Bertz CT molecular complexity index is 596. The number of benzene rings is 1. The van der Waals surface area contributed by atoms with Crippen molar-refractivity contribution in [3.63, 3.8) is 0 Å². The molecular weight excluding hydrogens is 279 g/mol. The summed E-state index contributed by atoms with van der Waals surface area (Å²) < 4.78 is 13.8. The minimum Gasteiger partial charge on any atom is -0.383 e. The number of nitrogens with zero attached hydrogens (tertiary/aromatic N) is 2. The van der Waals surface area contributed by atoms with E-state index in [-0.39, 0.29) is 16.9 Å². The lowest BCUT2D eigenvalue weighted by Gasteiger charge is -2.42. The fourth-order valence-electron chi connectivity index (χ4n) is 2.76. The minimum absolute atomic E-state index is 0.211. The largest absolute Gasteiger partial charge is 0.383 e. The van der Waals surface area contributed by atoms with Gasteiger partial charge in [-0.3, -0.25) is 4.79 Å². The van der Waals surface area contributed by atoms with E-state index in [1.165, 1.54) is 6.07 Å². The lowest BCUT2D eigenvalue weighted by atomic mass is 9.94. The van der Waals surface area contributed by atoms with E-state index in [1.807, 2.05) is 0 Å².